The normalized spacial score (nSPS) is 12.6. The summed E-state index contributed by atoms with van der Waals surface area (Å²) in [7, 11) is 0. The summed E-state index contributed by atoms with van der Waals surface area (Å²) < 4.78 is 0. The molecule has 0 aliphatic carbocycles. The summed E-state index contributed by atoms with van der Waals surface area (Å²) in [6, 6.07) is 5.16. The molecule has 2 aromatic rings. The highest BCUT2D eigenvalue weighted by molar-refractivity contribution is 5.91. The van der Waals surface area contributed by atoms with E-state index >= 15 is 0 Å². The maximum Gasteiger partial charge on any atom is 0.326 e. The fourth-order valence-electron chi connectivity index (χ4n) is 1.95. The highest BCUT2D eigenvalue weighted by Crippen LogP contribution is 2.22. The summed E-state index contributed by atoms with van der Waals surface area (Å²) in [6.07, 6.45) is 1.44. The van der Waals surface area contributed by atoms with Crippen molar-refractivity contribution in [3.63, 3.8) is 0 Å². The Morgan fingerprint density at radius 1 is 1.32 bits per heavy atom. The number of nitrogens with one attached hydrogen (secondary N) is 1. The van der Waals surface area contributed by atoms with Gasteiger partial charge in [0.15, 0.2) is 0 Å². The number of fused-ring (bicyclic) bond motifs is 1. The summed E-state index contributed by atoms with van der Waals surface area (Å²) in [5, 5.41) is 13.1. The lowest BCUT2D eigenvalue weighted by atomic mass is 10.0. The number of carboxylic acid groups (broad SMARTS) is 1. The van der Waals surface area contributed by atoms with Crippen molar-refractivity contribution in [2.45, 2.75) is 26.8 Å². The average molecular weight is 259 g/mol. The third kappa shape index (κ3) is 2.81. The van der Waals surface area contributed by atoms with E-state index in [0.29, 0.717) is 5.82 Å². The van der Waals surface area contributed by atoms with Crippen LogP contribution in [0.15, 0.2) is 24.5 Å². The molecular weight excluding hydrogens is 242 g/mol. The highest BCUT2D eigenvalue weighted by atomic mass is 16.4. The molecule has 19 heavy (non-hydrogen) atoms. The van der Waals surface area contributed by atoms with Gasteiger partial charge >= 0.3 is 5.97 Å². The van der Waals surface area contributed by atoms with Crippen LogP contribution in [0, 0.1) is 12.8 Å². The Kier molecular flexibility index (Phi) is 3.64. The molecule has 0 bridgehead atoms. The van der Waals surface area contributed by atoms with Crippen LogP contribution in [0.2, 0.25) is 0 Å². The molecule has 5 heteroatoms. The first-order valence-corrected chi connectivity index (χ1v) is 6.19. The van der Waals surface area contributed by atoms with Gasteiger partial charge in [-0.3, -0.25) is 0 Å². The van der Waals surface area contributed by atoms with Gasteiger partial charge < -0.3 is 10.4 Å². The van der Waals surface area contributed by atoms with Gasteiger partial charge in [0, 0.05) is 5.39 Å². The summed E-state index contributed by atoms with van der Waals surface area (Å²) in [5.41, 5.74) is 1.89. The second-order valence-corrected chi connectivity index (χ2v) is 4.95. The Bertz CT molecular complexity index is 611. The maximum absolute atomic E-state index is 11.2. The molecule has 0 spiro atoms. The van der Waals surface area contributed by atoms with Gasteiger partial charge in [-0.2, -0.15) is 0 Å². The first-order chi connectivity index (χ1) is 8.99. The Morgan fingerprint density at radius 3 is 2.68 bits per heavy atom. The van der Waals surface area contributed by atoms with E-state index in [1.165, 1.54) is 6.33 Å². The molecule has 1 aromatic carbocycles. The zero-order valence-electron chi connectivity index (χ0n) is 11.2. The van der Waals surface area contributed by atoms with Crippen molar-refractivity contribution in [1.82, 2.24) is 9.97 Å². The zero-order chi connectivity index (χ0) is 14.0. The number of anilines is 1. The van der Waals surface area contributed by atoms with Crippen molar-refractivity contribution in [1.29, 1.82) is 0 Å². The Balaban J connectivity index is 2.44. The monoisotopic (exact) mass is 259 g/mol. The van der Waals surface area contributed by atoms with Crippen molar-refractivity contribution >= 4 is 22.7 Å². The van der Waals surface area contributed by atoms with Gasteiger partial charge in [-0.15, -0.1) is 0 Å². The second-order valence-electron chi connectivity index (χ2n) is 4.95. The third-order valence-corrected chi connectivity index (χ3v) is 3.02. The molecule has 100 valence electrons. The molecule has 1 aromatic heterocycles. The molecule has 0 radical (unpaired) electrons. The Morgan fingerprint density at radius 2 is 2.05 bits per heavy atom. The predicted molar refractivity (Wildman–Crippen MR) is 74.2 cm³/mol. The number of rotatable bonds is 4. The van der Waals surface area contributed by atoms with Crippen LogP contribution in [0.25, 0.3) is 10.9 Å². The van der Waals surface area contributed by atoms with Crippen LogP contribution in [0.1, 0.15) is 19.4 Å². The minimum absolute atomic E-state index is 0.0349. The standard InChI is InChI=1S/C14H17N3O2/c1-8(2)12(14(18)19)17-13-10-6-9(3)4-5-11(10)15-7-16-13/h4-8,12H,1-3H3,(H,18,19)(H,15,16,17)/t12-/m1/s1. The summed E-state index contributed by atoms with van der Waals surface area (Å²) in [4.78, 5) is 19.6. The maximum atomic E-state index is 11.2. The molecule has 2 rings (SSSR count). The topological polar surface area (TPSA) is 75.1 Å². The number of carboxylic acids is 1. The molecule has 0 amide bonds. The van der Waals surface area contributed by atoms with Gasteiger partial charge in [0.1, 0.15) is 18.2 Å². The van der Waals surface area contributed by atoms with Crippen LogP contribution in [-0.4, -0.2) is 27.1 Å². The third-order valence-electron chi connectivity index (χ3n) is 3.02. The van der Waals surface area contributed by atoms with Crippen molar-refractivity contribution in [3.8, 4) is 0 Å². The van der Waals surface area contributed by atoms with E-state index in [-0.39, 0.29) is 5.92 Å². The lowest BCUT2D eigenvalue weighted by Crippen LogP contribution is -2.34. The van der Waals surface area contributed by atoms with Gasteiger partial charge in [0.05, 0.1) is 5.52 Å². The molecule has 1 atom stereocenters. The van der Waals surface area contributed by atoms with E-state index < -0.39 is 12.0 Å². The highest BCUT2D eigenvalue weighted by Gasteiger charge is 2.22. The molecule has 0 saturated carbocycles. The number of aryl methyl sites for hydroxylation is 1. The van der Waals surface area contributed by atoms with Crippen LogP contribution < -0.4 is 5.32 Å². The molecule has 0 aliphatic heterocycles. The van der Waals surface area contributed by atoms with Gasteiger partial charge in [0.2, 0.25) is 0 Å². The summed E-state index contributed by atoms with van der Waals surface area (Å²) in [5.74, 6) is -0.350. The van der Waals surface area contributed by atoms with Gasteiger partial charge in [-0.1, -0.05) is 25.5 Å². The van der Waals surface area contributed by atoms with Crippen molar-refractivity contribution in [2.24, 2.45) is 5.92 Å². The molecule has 2 N–H and O–H groups in total. The summed E-state index contributed by atoms with van der Waals surface area (Å²) >= 11 is 0. The minimum Gasteiger partial charge on any atom is -0.480 e. The molecule has 5 nitrogen and oxygen atoms in total. The van der Waals surface area contributed by atoms with Crippen LogP contribution >= 0.6 is 0 Å². The fraction of sp³-hybridized carbons (Fsp3) is 0.357. The van der Waals surface area contributed by atoms with Gasteiger partial charge in [0.25, 0.3) is 0 Å². The SMILES string of the molecule is Cc1ccc2ncnc(N[C@@H](C(=O)O)C(C)C)c2c1. The number of hydrogen-bond donors (Lipinski definition) is 2. The van der Waals surface area contributed by atoms with Crippen LogP contribution in [0.3, 0.4) is 0 Å². The van der Waals surface area contributed by atoms with Crippen molar-refractivity contribution in [3.05, 3.63) is 30.1 Å². The fourth-order valence-corrected chi connectivity index (χ4v) is 1.95. The van der Waals surface area contributed by atoms with E-state index in [9.17, 15) is 9.90 Å². The largest absolute Gasteiger partial charge is 0.480 e. The van der Waals surface area contributed by atoms with Crippen molar-refractivity contribution < 1.29 is 9.90 Å². The van der Waals surface area contributed by atoms with Gasteiger partial charge in [-0.05, 0) is 25.0 Å². The Hall–Kier alpha value is -2.17. The molecule has 0 unspecified atom stereocenters. The quantitative estimate of drug-likeness (QED) is 0.882. The number of benzene rings is 1. The number of aliphatic carboxylic acids is 1. The van der Waals surface area contributed by atoms with E-state index in [4.69, 9.17) is 0 Å². The van der Waals surface area contributed by atoms with E-state index in [1.54, 1.807) is 0 Å². The number of nitrogens with zero attached hydrogens (tertiary/aromatic N) is 2. The first-order valence-electron chi connectivity index (χ1n) is 6.19. The van der Waals surface area contributed by atoms with E-state index in [2.05, 4.69) is 15.3 Å². The molecule has 0 fully saturated rings. The average Bonchev–Trinajstić information content (AvgIpc) is 2.35. The number of carbonyl (C=O) groups is 1. The van der Waals surface area contributed by atoms with Crippen LogP contribution in [-0.2, 0) is 4.79 Å². The molecule has 0 saturated heterocycles. The second kappa shape index (κ2) is 5.22. The lowest BCUT2D eigenvalue weighted by Gasteiger charge is -2.19. The molecule has 0 aliphatic rings. The first kappa shape index (κ1) is 13.3. The minimum atomic E-state index is -0.880. The number of aromatic nitrogens is 2. The molecular formula is C14H17N3O2. The van der Waals surface area contributed by atoms with Gasteiger partial charge in [-0.25, -0.2) is 14.8 Å². The Labute approximate surface area is 111 Å². The number of hydrogen-bond acceptors (Lipinski definition) is 4. The predicted octanol–water partition coefficient (Wildman–Crippen LogP) is 2.46. The van der Waals surface area contributed by atoms with Crippen LogP contribution in [0.4, 0.5) is 5.82 Å². The lowest BCUT2D eigenvalue weighted by molar-refractivity contribution is -0.138. The van der Waals surface area contributed by atoms with E-state index in [1.807, 2.05) is 39.0 Å². The van der Waals surface area contributed by atoms with E-state index in [0.717, 1.165) is 16.5 Å². The molecule has 1 heterocycles. The van der Waals surface area contributed by atoms with Crippen molar-refractivity contribution in [2.75, 3.05) is 5.32 Å². The zero-order valence-corrected chi connectivity index (χ0v) is 11.2. The van der Waals surface area contributed by atoms with Crippen LogP contribution in [0.5, 0.6) is 0 Å². The summed E-state index contributed by atoms with van der Waals surface area (Å²) in [6.45, 7) is 5.70. The smallest absolute Gasteiger partial charge is 0.326 e.